The molecule has 0 fully saturated rings. The first kappa shape index (κ1) is 40.9. The smallest absolute Gasteiger partial charge is 0.326 e. The molecule has 4 N–H and O–H groups in total. The van der Waals surface area contributed by atoms with Crippen molar-refractivity contribution in [3.8, 4) is 0 Å². The summed E-state index contributed by atoms with van der Waals surface area (Å²) < 4.78 is 5.86. The molecule has 2 atom stereocenters. The summed E-state index contributed by atoms with van der Waals surface area (Å²) in [5, 5.41) is 11.8. The van der Waals surface area contributed by atoms with Gasteiger partial charge in [0.2, 0.25) is 5.91 Å². The number of ether oxygens (including phenoxy) is 1. The van der Waals surface area contributed by atoms with Crippen molar-refractivity contribution in [2.45, 2.75) is 180 Å². The molecule has 0 saturated heterocycles. The van der Waals surface area contributed by atoms with Gasteiger partial charge in [-0.05, 0) is 90.0 Å². The number of unbranched alkanes of at least 4 members (excludes halogenated alkanes) is 13. The molecular formula is C36H66N2O5. The van der Waals surface area contributed by atoms with Crippen LogP contribution in [-0.2, 0) is 19.1 Å². The van der Waals surface area contributed by atoms with Gasteiger partial charge in [0.1, 0.15) is 12.1 Å². The van der Waals surface area contributed by atoms with Crippen molar-refractivity contribution in [1.82, 2.24) is 5.32 Å². The molecule has 0 spiro atoms. The first-order valence-electron chi connectivity index (χ1n) is 17.7. The summed E-state index contributed by atoms with van der Waals surface area (Å²) >= 11 is 0. The van der Waals surface area contributed by atoms with Gasteiger partial charge in [-0.25, -0.2) is 4.79 Å². The molecule has 43 heavy (non-hydrogen) atoms. The molecule has 0 aromatic heterocycles. The number of nitrogens with one attached hydrogen (secondary N) is 1. The number of carboxylic acid groups (broad SMARTS) is 1. The number of esters is 1. The minimum atomic E-state index is -1.02. The van der Waals surface area contributed by atoms with E-state index in [-0.39, 0.29) is 18.0 Å². The van der Waals surface area contributed by atoms with E-state index in [1.807, 2.05) is 0 Å². The van der Waals surface area contributed by atoms with Crippen molar-refractivity contribution in [2.75, 3.05) is 6.54 Å². The van der Waals surface area contributed by atoms with Crippen LogP contribution in [0.4, 0.5) is 0 Å². The van der Waals surface area contributed by atoms with Crippen LogP contribution < -0.4 is 11.1 Å². The number of rotatable bonds is 31. The van der Waals surface area contributed by atoms with Gasteiger partial charge in [0.05, 0.1) is 0 Å². The monoisotopic (exact) mass is 606 g/mol. The normalized spacial score (nSPS) is 13.0. The first-order valence-corrected chi connectivity index (χ1v) is 17.7. The van der Waals surface area contributed by atoms with Crippen LogP contribution in [0.25, 0.3) is 0 Å². The van der Waals surface area contributed by atoms with Gasteiger partial charge in [-0.15, -0.1) is 0 Å². The standard InChI is InChI=1S/C36H66N2O5/c1-3-5-7-8-9-10-11-12-13-14-15-16-17-18-19-24-30-35(40)43-32(26-21-6-4-2)27-22-20-23-29-34(39)38-33(36(41)42)28-25-31-37/h10-11,13-14,32-33H,3-9,12,15-31,37H2,1-2H3,(H,38,39)(H,41,42)/b11-10-,14-13-. The van der Waals surface area contributed by atoms with E-state index in [0.717, 1.165) is 77.0 Å². The van der Waals surface area contributed by atoms with E-state index in [4.69, 9.17) is 10.5 Å². The fraction of sp³-hybridized carbons (Fsp3) is 0.806. The molecule has 7 heteroatoms. The minimum Gasteiger partial charge on any atom is -0.480 e. The van der Waals surface area contributed by atoms with E-state index in [2.05, 4.69) is 43.5 Å². The van der Waals surface area contributed by atoms with Gasteiger partial charge in [-0.3, -0.25) is 9.59 Å². The molecule has 250 valence electrons. The number of amides is 1. The molecule has 0 aliphatic rings. The molecule has 0 heterocycles. The number of carbonyl (C=O) groups excluding carboxylic acids is 2. The molecule has 0 radical (unpaired) electrons. The van der Waals surface area contributed by atoms with Crippen LogP contribution >= 0.6 is 0 Å². The minimum absolute atomic E-state index is 0.0526. The largest absolute Gasteiger partial charge is 0.480 e. The lowest BCUT2D eigenvalue weighted by Crippen LogP contribution is -2.40. The van der Waals surface area contributed by atoms with Crippen molar-refractivity contribution in [2.24, 2.45) is 5.73 Å². The van der Waals surface area contributed by atoms with Crippen LogP contribution in [0.15, 0.2) is 24.3 Å². The first-order chi connectivity index (χ1) is 20.9. The Hall–Kier alpha value is -2.15. The van der Waals surface area contributed by atoms with E-state index < -0.39 is 12.0 Å². The zero-order valence-corrected chi connectivity index (χ0v) is 27.8. The molecule has 0 aliphatic heterocycles. The highest BCUT2D eigenvalue weighted by Gasteiger charge is 2.19. The summed E-state index contributed by atoms with van der Waals surface area (Å²) in [6.07, 6.45) is 32.5. The summed E-state index contributed by atoms with van der Waals surface area (Å²) in [4.78, 5) is 35.9. The van der Waals surface area contributed by atoms with Crippen LogP contribution in [0.1, 0.15) is 168 Å². The molecule has 1 amide bonds. The average Bonchev–Trinajstić information content (AvgIpc) is 2.98. The molecule has 7 nitrogen and oxygen atoms in total. The Kier molecular flexibility index (Phi) is 29.7. The van der Waals surface area contributed by atoms with E-state index in [9.17, 15) is 19.5 Å². The van der Waals surface area contributed by atoms with Crippen molar-refractivity contribution in [3.63, 3.8) is 0 Å². The third-order valence-electron chi connectivity index (χ3n) is 7.77. The van der Waals surface area contributed by atoms with Crippen LogP contribution in [-0.4, -0.2) is 41.6 Å². The van der Waals surface area contributed by atoms with Gasteiger partial charge in [0, 0.05) is 12.8 Å². The Morgan fingerprint density at radius 3 is 1.84 bits per heavy atom. The lowest BCUT2D eigenvalue weighted by Gasteiger charge is -2.18. The fourth-order valence-corrected chi connectivity index (χ4v) is 5.07. The van der Waals surface area contributed by atoms with Crippen LogP contribution in [0.5, 0.6) is 0 Å². The highest BCUT2D eigenvalue weighted by Crippen LogP contribution is 2.17. The number of hydrogen-bond donors (Lipinski definition) is 3. The topological polar surface area (TPSA) is 119 Å². The molecule has 0 rings (SSSR count). The second kappa shape index (κ2) is 31.3. The molecular weight excluding hydrogens is 540 g/mol. The lowest BCUT2D eigenvalue weighted by atomic mass is 10.0. The van der Waals surface area contributed by atoms with Crippen molar-refractivity contribution in [1.29, 1.82) is 0 Å². The molecule has 0 bridgehead atoms. The Morgan fingerprint density at radius 2 is 1.21 bits per heavy atom. The van der Waals surface area contributed by atoms with Gasteiger partial charge in [0.25, 0.3) is 0 Å². The predicted octanol–water partition coefficient (Wildman–Crippen LogP) is 8.94. The van der Waals surface area contributed by atoms with Crippen LogP contribution in [0.3, 0.4) is 0 Å². The van der Waals surface area contributed by atoms with E-state index in [1.165, 1.54) is 44.9 Å². The average molecular weight is 607 g/mol. The Morgan fingerprint density at radius 1 is 0.674 bits per heavy atom. The zero-order valence-electron chi connectivity index (χ0n) is 27.8. The lowest BCUT2D eigenvalue weighted by molar-refractivity contribution is -0.150. The Balaban J connectivity index is 4.03. The van der Waals surface area contributed by atoms with Gasteiger partial charge in [-0.1, -0.05) is 95.9 Å². The SMILES string of the molecule is CCCCCC/C=C\C/C=C\CCCCCCCC(=O)OC(CCCCC)CCCCCC(=O)NC(CCCN)C(=O)O. The second-order valence-electron chi connectivity index (χ2n) is 11.9. The summed E-state index contributed by atoms with van der Waals surface area (Å²) in [5.41, 5.74) is 5.45. The molecule has 0 aromatic carbocycles. The maximum atomic E-state index is 12.5. The number of carboxylic acids is 1. The highest BCUT2D eigenvalue weighted by atomic mass is 16.5. The van der Waals surface area contributed by atoms with Gasteiger partial charge < -0.3 is 20.9 Å². The summed E-state index contributed by atoms with van der Waals surface area (Å²) in [5.74, 6) is -1.34. The number of nitrogens with two attached hydrogens (primary N) is 1. The van der Waals surface area contributed by atoms with Crippen molar-refractivity contribution in [3.05, 3.63) is 24.3 Å². The van der Waals surface area contributed by atoms with Crippen molar-refractivity contribution < 1.29 is 24.2 Å². The quantitative estimate of drug-likeness (QED) is 0.0412. The van der Waals surface area contributed by atoms with E-state index in [0.29, 0.717) is 38.6 Å². The Bertz CT molecular complexity index is 737. The van der Waals surface area contributed by atoms with Crippen LogP contribution in [0, 0.1) is 0 Å². The molecule has 0 aliphatic carbocycles. The molecule has 2 unspecified atom stereocenters. The Labute approximate surface area is 263 Å². The van der Waals surface area contributed by atoms with Gasteiger partial charge in [0.15, 0.2) is 0 Å². The van der Waals surface area contributed by atoms with E-state index in [1.54, 1.807) is 0 Å². The summed E-state index contributed by atoms with van der Waals surface area (Å²) in [6, 6.07) is -0.872. The van der Waals surface area contributed by atoms with Gasteiger partial charge in [-0.2, -0.15) is 0 Å². The zero-order chi connectivity index (χ0) is 31.8. The highest BCUT2D eigenvalue weighted by molar-refractivity contribution is 5.83. The summed E-state index contributed by atoms with van der Waals surface area (Å²) in [6.45, 7) is 4.82. The van der Waals surface area contributed by atoms with Gasteiger partial charge >= 0.3 is 11.9 Å². The third kappa shape index (κ3) is 28.4. The maximum absolute atomic E-state index is 12.5. The van der Waals surface area contributed by atoms with Crippen molar-refractivity contribution >= 4 is 17.8 Å². The number of aliphatic carboxylic acids is 1. The van der Waals surface area contributed by atoms with E-state index >= 15 is 0 Å². The number of carbonyl (C=O) groups is 3. The number of allylic oxidation sites excluding steroid dienone is 4. The fourth-order valence-electron chi connectivity index (χ4n) is 5.07. The summed E-state index contributed by atoms with van der Waals surface area (Å²) in [7, 11) is 0. The second-order valence-corrected chi connectivity index (χ2v) is 11.9. The molecule has 0 saturated carbocycles. The predicted molar refractivity (Wildman–Crippen MR) is 179 cm³/mol. The third-order valence-corrected chi connectivity index (χ3v) is 7.77. The maximum Gasteiger partial charge on any atom is 0.326 e. The molecule has 0 aromatic rings. The number of hydrogen-bond acceptors (Lipinski definition) is 5. The van der Waals surface area contributed by atoms with Crippen LogP contribution in [0.2, 0.25) is 0 Å².